The summed E-state index contributed by atoms with van der Waals surface area (Å²) in [7, 11) is 4.16. The smallest absolute Gasteiger partial charge is 0.166 e. The van der Waals surface area contributed by atoms with Gasteiger partial charge < -0.3 is 20.3 Å². The Labute approximate surface area is 110 Å². The van der Waals surface area contributed by atoms with Crippen LogP contribution in [0.15, 0.2) is 0 Å². The Morgan fingerprint density at radius 3 is 2.76 bits per heavy atom. The summed E-state index contributed by atoms with van der Waals surface area (Å²) in [6, 6.07) is 0. The number of rotatable bonds is 7. The van der Waals surface area contributed by atoms with Crippen LogP contribution in [-0.2, 0) is 4.74 Å². The van der Waals surface area contributed by atoms with Gasteiger partial charge in [0.15, 0.2) is 5.11 Å². The molecule has 4 nitrogen and oxygen atoms in total. The Morgan fingerprint density at radius 2 is 2.12 bits per heavy atom. The van der Waals surface area contributed by atoms with Crippen molar-refractivity contribution in [2.24, 2.45) is 0 Å². The summed E-state index contributed by atoms with van der Waals surface area (Å²) >= 11 is 5.20. The van der Waals surface area contributed by atoms with Gasteiger partial charge in [-0.2, -0.15) is 0 Å². The van der Waals surface area contributed by atoms with Gasteiger partial charge in [-0.1, -0.05) is 0 Å². The first-order valence-corrected chi connectivity index (χ1v) is 6.87. The van der Waals surface area contributed by atoms with Crippen molar-refractivity contribution in [2.45, 2.75) is 31.8 Å². The molecule has 0 radical (unpaired) electrons. The van der Waals surface area contributed by atoms with E-state index in [1.165, 1.54) is 12.8 Å². The molecule has 0 aliphatic carbocycles. The molecule has 0 saturated carbocycles. The Kier molecular flexibility index (Phi) is 7.48. The first-order chi connectivity index (χ1) is 8.18. The molecule has 1 aliphatic rings. The Morgan fingerprint density at radius 1 is 1.35 bits per heavy atom. The zero-order chi connectivity index (χ0) is 12.5. The molecule has 1 aliphatic heterocycles. The maximum absolute atomic E-state index is 5.55. The van der Waals surface area contributed by atoms with Crippen LogP contribution in [-0.4, -0.2) is 56.5 Å². The first-order valence-electron chi connectivity index (χ1n) is 6.46. The van der Waals surface area contributed by atoms with Crippen molar-refractivity contribution in [1.82, 2.24) is 15.5 Å². The highest BCUT2D eigenvalue weighted by Crippen LogP contribution is 2.14. The molecular formula is C12H25N3OS. The average molecular weight is 259 g/mol. The number of hydrogen-bond donors (Lipinski definition) is 2. The van der Waals surface area contributed by atoms with E-state index in [9.17, 15) is 0 Å². The second-order valence-corrected chi connectivity index (χ2v) is 5.17. The molecule has 0 aromatic heterocycles. The van der Waals surface area contributed by atoms with Crippen molar-refractivity contribution in [3.8, 4) is 0 Å². The van der Waals surface area contributed by atoms with E-state index < -0.39 is 0 Å². The van der Waals surface area contributed by atoms with Gasteiger partial charge in [0.2, 0.25) is 0 Å². The summed E-state index contributed by atoms with van der Waals surface area (Å²) < 4.78 is 5.55. The molecule has 1 fully saturated rings. The van der Waals surface area contributed by atoms with Crippen molar-refractivity contribution in [1.29, 1.82) is 0 Å². The van der Waals surface area contributed by atoms with Crippen LogP contribution in [0.2, 0.25) is 0 Å². The van der Waals surface area contributed by atoms with Crippen LogP contribution in [0.5, 0.6) is 0 Å². The second-order valence-electron chi connectivity index (χ2n) is 4.76. The Balaban J connectivity index is 1.90. The number of nitrogens with zero attached hydrogens (tertiary/aromatic N) is 1. The molecule has 0 bridgehead atoms. The third-order valence-electron chi connectivity index (χ3n) is 2.84. The minimum absolute atomic E-state index is 0.444. The van der Waals surface area contributed by atoms with E-state index in [1.807, 2.05) is 0 Å². The van der Waals surface area contributed by atoms with Gasteiger partial charge in [-0.25, -0.2) is 0 Å². The normalized spacial score (nSPS) is 19.6. The summed E-state index contributed by atoms with van der Waals surface area (Å²) in [5.41, 5.74) is 0. The van der Waals surface area contributed by atoms with E-state index >= 15 is 0 Å². The lowest BCUT2D eigenvalue weighted by molar-refractivity contribution is 0.105. The van der Waals surface area contributed by atoms with Crippen molar-refractivity contribution in [3.05, 3.63) is 0 Å². The van der Waals surface area contributed by atoms with Gasteiger partial charge >= 0.3 is 0 Å². The fraction of sp³-hybridized carbons (Fsp3) is 0.917. The van der Waals surface area contributed by atoms with Crippen LogP contribution in [0.3, 0.4) is 0 Å². The molecule has 1 rings (SSSR count). The summed E-state index contributed by atoms with van der Waals surface area (Å²) in [4.78, 5) is 2.18. The predicted molar refractivity (Wildman–Crippen MR) is 75.4 cm³/mol. The predicted octanol–water partition coefficient (Wildman–Crippen LogP) is 0.971. The molecule has 5 heteroatoms. The summed E-state index contributed by atoms with van der Waals surface area (Å²) in [5.74, 6) is 0. The molecule has 1 unspecified atom stereocenters. The van der Waals surface area contributed by atoms with Crippen molar-refractivity contribution in [2.75, 3.05) is 40.3 Å². The van der Waals surface area contributed by atoms with Crippen LogP contribution in [0.1, 0.15) is 25.7 Å². The maximum atomic E-state index is 5.55. The van der Waals surface area contributed by atoms with E-state index in [-0.39, 0.29) is 0 Å². The Hall–Kier alpha value is -0.390. The lowest BCUT2D eigenvalue weighted by Crippen LogP contribution is -2.37. The molecule has 0 amide bonds. The lowest BCUT2D eigenvalue weighted by atomic mass is 10.2. The van der Waals surface area contributed by atoms with Crippen LogP contribution in [0.4, 0.5) is 0 Å². The number of thiocarbonyl (C=S) groups is 1. The largest absolute Gasteiger partial charge is 0.378 e. The second kappa shape index (κ2) is 8.66. The number of nitrogens with one attached hydrogen (secondary N) is 2. The van der Waals surface area contributed by atoms with Crippen LogP contribution >= 0.6 is 12.2 Å². The number of ether oxygens (including phenoxy) is 1. The van der Waals surface area contributed by atoms with Gasteiger partial charge in [-0.3, -0.25) is 0 Å². The highest BCUT2D eigenvalue weighted by Gasteiger charge is 2.14. The maximum Gasteiger partial charge on any atom is 0.166 e. The van der Waals surface area contributed by atoms with Gasteiger partial charge in [0.05, 0.1) is 6.10 Å². The minimum Gasteiger partial charge on any atom is -0.378 e. The van der Waals surface area contributed by atoms with E-state index in [2.05, 4.69) is 29.6 Å². The standard InChI is InChI=1S/C12H25N3OS/c1-15(2)9-4-7-13-12(17)14-8-6-11-5-3-10-16-11/h11H,3-10H2,1-2H3,(H2,13,14,17). The van der Waals surface area contributed by atoms with Gasteiger partial charge in [0, 0.05) is 19.7 Å². The molecular weight excluding hydrogens is 234 g/mol. The summed E-state index contributed by atoms with van der Waals surface area (Å²) in [6.45, 7) is 3.86. The third-order valence-corrected chi connectivity index (χ3v) is 3.13. The van der Waals surface area contributed by atoms with E-state index in [4.69, 9.17) is 17.0 Å². The van der Waals surface area contributed by atoms with Gasteiger partial charge in [0.1, 0.15) is 0 Å². The SMILES string of the molecule is CN(C)CCCNC(=S)NCCC1CCCO1. The molecule has 100 valence electrons. The zero-order valence-electron chi connectivity index (χ0n) is 11.0. The fourth-order valence-electron chi connectivity index (χ4n) is 1.88. The van der Waals surface area contributed by atoms with E-state index in [0.29, 0.717) is 6.10 Å². The van der Waals surface area contributed by atoms with E-state index in [1.54, 1.807) is 0 Å². The monoisotopic (exact) mass is 259 g/mol. The minimum atomic E-state index is 0.444. The van der Waals surface area contributed by atoms with Crippen molar-refractivity contribution < 1.29 is 4.74 Å². The quantitative estimate of drug-likeness (QED) is 0.526. The Bertz CT molecular complexity index is 218. The molecule has 0 spiro atoms. The molecule has 1 heterocycles. The molecule has 17 heavy (non-hydrogen) atoms. The molecule has 1 atom stereocenters. The first kappa shape index (κ1) is 14.7. The third kappa shape index (κ3) is 7.52. The average Bonchev–Trinajstić information content (AvgIpc) is 2.77. The fourth-order valence-corrected chi connectivity index (χ4v) is 2.08. The highest BCUT2D eigenvalue weighted by molar-refractivity contribution is 7.80. The van der Waals surface area contributed by atoms with Gasteiger partial charge in [-0.15, -0.1) is 0 Å². The topological polar surface area (TPSA) is 36.5 Å². The summed E-state index contributed by atoms with van der Waals surface area (Å²) in [5, 5.41) is 7.21. The summed E-state index contributed by atoms with van der Waals surface area (Å²) in [6.07, 6.45) is 5.02. The molecule has 0 aromatic carbocycles. The zero-order valence-corrected chi connectivity index (χ0v) is 11.8. The molecule has 0 aromatic rings. The van der Waals surface area contributed by atoms with Crippen molar-refractivity contribution in [3.63, 3.8) is 0 Å². The highest BCUT2D eigenvalue weighted by atomic mass is 32.1. The van der Waals surface area contributed by atoms with Gasteiger partial charge in [-0.05, 0) is 58.5 Å². The van der Waals surface area contributed by atoms with Crippen molar-refractivity contribution >= 4 is 17.3 Å². The lowest BCUT2D eigenvalue weighted by Gasteiger charge is -2.14. The van der Waals surface area contributed by atoms with Gasteiger partial charge in [0.25, 0.3) is 0 Å². The van der Waals surface area contributed by atoms with E-state index in [0.717, 1.165) is 44.2 Å². The van der Waals surface area contributed by atoms with Crippen LogP contribution < -0.4 is 10.6 Å². The number of hydrogen-bond acceptors (Lipinski definition) is 3. The molecule has 2 N–H and O–H groups in total. The molecule has 1 saturated heterocycles. The van der Waals surface area contributed by atoms with Crippen LogP contribution in [0.25, 0.3) is 0 Å². The van der Waals surface area contributed by atoms with Crippen LogP contribution in [0, 0.1) is 0 Å².